The molecule has 2 radical (unpaired) electrons. The molecule has 0 amide bonds. The van der Waals surface area contributed by atoms with Gasteiger partial charge in [0.25, 0.3) is 0 Å². The molecule has 1 rings (SSSR count). The van der Waals surface area contributed by atoms with Crippen LogP contribution in [0.25, 0.3) is 0 Å². The monoisotopic (exact) mass is 198 g/mol. The summed E-state index contributed by atoms with van der Waals surface area (Å²) in [6.07, 6.45) is 0. The molecule has 1 aromatic rings. The van der Waals surface area contributed by atoms with Gasteiger partial charge in [0.05, 0.1) is 5.30 Å². The second-order valence-electron chi connectivity index (χ2n) is 1.88. The molecule has 0 unspecified atom stereocenters. The second-order valence-corrected chi connectivity index (χ2v) is 3.48. The van der Waals surface area contributed by atoms with Gasteiger partial charge in [-0.1, -0.05) is 18.2 Å². The van der Waals surface area contributed by atoms with Crippen LogP contribution in [0.4, 0.5) is 0 Å². The van der Waals surface area contributed by atoms with Crippen molar-refractivity contribution in [2.75, 3.05) is 0 Å². The smallest absolute Gasteiger partial charge is 0.321 e. The van der Waals surface area contributed by atoms with Gasteiger partial charge in [-0.25, -0.2) is 0 Å². The third kappa shape index (κ3) is 3.70. The largest absolute Gasteiger partial charge is 0.356 e. The fourth-order valence-electron chi connectivity index (χ4n) is 0.622. The van der Waals surface area contributed by atoms with E-state index in [1.165, 1.54) is 12.1 Å². The van der Waals surface area contributed by atoms with Gasteiger partial charge in [-0.05, 0) is 12.1 Å². The molecule has 0 spiro atoms. The quantitative estimate of drug-likeness (QED) is 0.497. The molecule has 3 nitrogen and oxygen atoms in total. The summed E-state index contributed by atoms with van der Waals surface area (Å²) in [7, 11) is -4.02. The Kier molecular flexibility index (Phi) is 4.87. The summed E-state index contributed by atoms with van der Waals surface area (Å²) in [6.45, 7) is 0. The molecule has 0 heterocycles. The van der Waals surface area contributed by atoms with Crippen molar-refractivity contribution in [2.45, 2.75) is 0 Å². The van der Waals surface area contributed by atoms with Gasteiger partial charge in [0, 0.05) is 37.7 Å². The van der Waals surface area contributed by atoms with Crippen molar-refractivity contribution >= 4 is 50.6 Å². The van der Waals surface area contributed by atoms with Crippen LogP contribution >= 0.6 is 7.60 Å². The molecule has 0 aliphatic carbocycles. The van der Waals surface area contributed by atoms with E-state index in [1.54, 1.807) is 18.2 Å². The van der Waals surface area contributed by atoms with Crippen molar-refractivity contribution in [3.8, 4) is 0 Å². The van der Waals surface area contributed by atoms with Crippen molar-refractivity contribution in [2.24, 2.45) is 0 Å². The van der Waals surface area contributed by atoms with Gasteiger partial charge < -0.3 is 9.79 Å². The molecular weight excluding hydrogens is 191 g/mol. The van der Waals surface area contributed by atoms with Crippen LogP contribution in [-0.4, -0.2) is 47.5 Å². The Hall–Kier alpha value is 0.630. The summed E-state index contributed by atoms with van der Waals surface area (Å²) in [5.74, 6) is 0. The third-order valence-corrected chi connectivity index (χ3v) is 2.06. The van der Waals surface area contributed by atoms with Crippen molar-refractivity contribution < 1.29 is 14.4 Å². The normalized spacial score (nSPS) is 10.4. The van der Waals surface area contributed by atoms with E-state index in [0.29, 0.717) is 0 Å². The molecular formula is C6H7CaO3P. The molecule has 1 aromatic carbocycles. The van der Waals surface area contributed by atoms with Crippen LogP contribution in [0.2, 0.25) is 0 Å². The van der Waals surface area contributed by atoms with Gasteiger partial charge in [-0.15, -0.1) is 0 Å². The van der Waals surface area contributed by atoms with E-state index in [-0.39, 0.29) is 43.0 Å². The number of benzene rings is 1. The third-order valence-electron chi connectivity index (χ3n) is 1.09. The van der Waals surface area contributed by atoms with Crippen LogP contribution in [0.5, 0.6) is 0 Å². The van der Waals surface area contributed by atoms with Crippen molar-refractivity contribution in [3.05, 3.63) is 30.3 Å². The molecule has 0 aromatic heterocycles. The van der Waals surface area contributed by atoms with Gasteiger partial charge in [0.1, 0.15) is 0 Å². The van der Waals surface area contributed by atoms with Crippen molar-refractivity contribution in [1.82, 2.24) is 0 Å². The van der Waals surface area contributed by atoms with E-state index in [4.69, 9.17) is 9.79 Å². The van der Waals surface area contributed by atoms with Crippen LogP contribution in [0.3, 0.4) is 0 Å². The predicted octanol–water partition coefficient (Wildman–Crippen LogP) is 0.109. The Morgan fingerprint density at radius 3 is 1.82 bits per heavy atom. The Morgan fingerprint density at radius 1 is 1.09 bits per heavy atom. The first-order chi connectivity index (χ1) is 4.61. The Morgan fingerprint density at radius 2 is 1.55 bits per heavy atom. The zero-order valence-electron chi connectivity index (χ0n) is 5.84. The van der Waals surface area contributed by atoms with Gasteiger partial charge in [0.2, 0.25) is 0 Å². The first-order valence-corrected chi connectivity index (χ1v) is 4.33. The van der Waals surface area contributed by atoms with Crippen LogP contribution in [0, 0.1) is 0 Å². The van der Waals surface area contributed by atoms with Gasteiger partial charge in [-0.2, -0.15) is 0 Å². The van der Waals surface area contributed by atoms with Gasteiger partial charge in [-0.3, -0.25) is 4.57 Å². The minimum absolute atomic E-state index is 0. The molecule has 0 saturated carbocycles. The minimum Gasteiger partial charge on any atom is -0.321 e. The molecule has 0 aliphatic heterocycles. The van der Waals surface area contributed by atoms with E-state index >= 15 is 0 Å². The average molecular weight is 198 g/mol. The average Bonchev–Trinajstić information content (AvgIpc) is 1.88. The topological polar surface area (TPSA) is 57.5 Å². The maximum atomic E-state index is 10.5. The molecule has 5 heteroatoms. The summed E-state index contributed by atoms with van der Waals surface area (Å²) < 4.78 is 10.5. The molecule has 0 saturated heterocycles. The number of hydrogen-bond donors (Lipinski definition) is 2. The number of hydrogen-bond acceptors (Lipinski definition) is 1. The summed E-state index contributed by atoms with van der Waals surface area (Å²) in [6, 6.07) is 7.70. The van der Waals surface area contributed by atoms with E-state index in [9.17, 15) is 4.57 Å². The molecule has 11 heavy (non-hydrogen) atoms. The second kappa shape index (κ2) is 4.61. The first-order valence-electron chi connectivity index (χ1n) is 2.72. The molecule has 2 N–H and O–H groups in total. The fourth-order valence-corrected chi connectivity index (χ4v) is 1.18. The summed E-state index contributed by atoms with van der Waals surface area (Å²) in [5, 5.41) is 0.0648. The summed E-state index contributed by atoms with van der Waals surface area (Å²) in [5.41, 5.74) is 0. The zero-order valence-corrected chi connectivity index (χ0v) is 8.95. The Bertz CT molecular complexity index is 256. The minimum atomic E-state index is -4.02. The zero-order chi connectivity index (χ0) is 7.61. The SMILES string of the molecule is O=P(O)(O)c1ccccc1.[Ca]. The Labute approximate surface area is 94.6 Å². The molecule has 0 bridgehead atoms. The predicted molar refractivity (Wildman–Crippen MR) is 43.9 cm³/mol. The van der Waals surface area contributed by atoms with Crippen LogP contribution in [0.1, 0.15) is 0 Å². The Balaban J connectivity index is 0.000001000. The van der Waals surface area contributed by atoms with Crippen molar-refractivity contribution in [1.29, 1.82) is 0 Å². The van der Waals surface area contributed by atoms with Crippen LogP contribution < -0.4 is 5.30 Å². The molecule has 56 valence electrons. The first kappa shape index (κ1) is 11.6. The summed E-state index contributed by atoms with van der Waals surface area (Å²) >= 11 is 0. The number of rotatable bonds is 1. The molecule has 0 atom stereocenters. The fraction of sp³-hybridized carbons (Fsp3) is 0. The van der Waals surface area contributed by atoms with E-state index in [0.717, 1.165) is 0 Å². The van der Waals surface area contributed by atoms with E-state index in [1.807, 2.05) is 0 Å². The maximum absolute atomic E-state index is 10.5. The van der Waals surface area contributed by atoms with Crippen LogP contribution in [-0.2, 0) is 4.57 Å². The van der Waals surface area contributed by atoms with E-state index < -0.39 is 7.60 Å². The van der Waals surface area contributed by atoms with Gasteiger partial charge in [0.15, 0.2) is 0 Å². The summed E-state index contributed by atoms with van der Waals surface area (Å²) in [4.78, 5) is 17.2. The molecule has 0 aliphatic rings. The molecule has 0 fully saturated rings. The van der Waals surface area contributed by atoms with E-state index in [2.05, 4.69) is 0 Å². The van der Waals surface area contributed by atoms with Crippen LogP contribution in [0.15, 0.2) is 30.3 Å². The maximum Gasteiger partial charge on any atom is 0.356 e. The standard InChI is InChI=1S/C6H7O3P.Ca/c7-10(8,9)6-4-2-1-3-5-6;/h1-5H,(H2,7,8,9);. The van der Waals surface area contributed by atoms with Crippen molar-refractivity contribution in [3.63, 3.8) is 0 Å². The van der Waals surface area contributed by atoms with Gasteiger partial charge >= 0.3 is 7.60 Å².